The summed E-state index contributed by atoms with van der Waals surface area (Å²) in [6, 6.07) is 8.16. The lowest BCUT2D eigenvalue weighted by molar-refractivity contribution is 0.00578. The zero-order chi connectivity index (χ0) is 15.1. The number of hydrogen-bond donors (Lipinski definition) is 0. The van der Waals surface area contributed by atoms with Gasteiger partial charge in [-0.2, -0.15) is 5.26 Å². The van der Waals surface area contributed by atoms with Crippen molar-refractivity contribution in [3.8, 4) is 6.07 Å². The number of nitriles is 1. The van der Waals surface area contributed by atoms with Crippen LogP contribution in [-0.4, -0.2) is 18.3 Å². The van der Waals surface area contributed by atoms with Crippen molar-refractivity contribution in [3.63, 3.8) is 0 Å². The Morgan fingerprint density at radius 3 is 2.10 bits per heavy atom. The zero-order valence-corrected chi connectivity index (χ0v) is 13.2. The van der Waals surface area contributed by atoms with Crippen LogP contribution in [0.4, 0.5) is 0 Å². The predicted octanol–water partition coefficient (Wildman–Crippen LogP) is 2.98. The molecule has 0 unspecified atom stereocenters. The van der Waals surface area contributed by atoms with Crippen LogP contribution in [0.5, 0.6) is 0 Å². The normalized spacial score (nSPS) is 20.2. The highest BCUT2D eigenvalue weighted by atomic mass is 16.7. The minimum absolute atomic E-state index is 0.331. The Kier molecular flexibility index (Phi) is 3.70. The van der Waals surface area contributed by atoms with Crippen LogP contribution >= 0.6 is 0 Å². The average Bonchev–Trinajstić information content (AvgIpc) is 2.57. The molecule has 106 valence electrons. The Hall–Kier alpha value is -1.31. The topological polar surface area (TPSA) is 42.2 Å². The molecule has 20 heavy (non-hydrogen) atoms. The van der Waals surface area contributed by atoms with Crippen molar-refractivity contribution in [2.45, 2.75) is 58.7 Å². The van der Waals surface area contributed by atoms with E-state index in [2.05, 4.69) is 19.9 Å². The molecular weight excluding hydrogens is 249 g/mol. The molecule has 1 fully saturated rings. The van der Waals surface area contributed by atoms with Gasteiger partial charge in [-0.15, -0.1) is 0 Å². The fourth-order valence-corrected chi connectivity index (χ4v) is 2.30. The van der Waals surface area contributed by atoms with Crippen LogP contribution in [0.1, 0.15) is 58.6 Å². The Morgan fingerprint density at radius 1 is 1.10 bits per heavy atom. The summed E-state index contributed by atoms with van der Waals surface area (Å²) in [6.45, 7) is 12.3. The molecule has 0 amide bonds. The van der Waals surface area contributed by atoms with E-state index in [9.17, 15) is 5.26 Å². The van der Waals surface area contributed by atoms with Gasteiger partial charge in [-0.3, -0.25) is 0 Å². The summed E-state index contributed by atoms with van der Waals surface area (Å²) in [6.07, 6.45) is 0. The average molecular weight is 271 g/mol. The van der Waals surface area contributed by atoms with Gasteiger partial charge < -0.3 is 9.31 Å². The van der Waals surface area contributed by atoms with E-state index in [0.717, 1.165) is 11.0 Å². The van der Waals surface area contributed by atoms with Gasteiger partial charge in [0.15, 0.2) is 0 Å². The molecule has 1 saturated heterocycles. The van der Waals surface area contributed by atoms with Gasteiger partial charge in [0.2, 0.25) is 0 Å². The highest BCUT2D eigenvalue weighted by Crippen LogP contribution is 2.36. The lowest BCUT2D eigenvalue weighted by atomic mass is 9.77. The van der Waals surface area contributed by atoms with Gasteiger partial charge in [0.05, 0.1) is 22.8 Å². The van der Waals surface area contributed by atoms with Crippen molar-refractivity contribution in [1.82, 2.24) is 0 Å². The van der Waals surface area contributed by atoms with Gasteiger partial charge in [-0.25, -0.2) is 0 Å². The van der Waals surface area contributed by atoms with Crippen molar-refractivity contribution in [2.75, 3.05) is 0 Å². The zero-order valence-electron chi connectivity index (χ0n) is 13.2. The Bertz CT molecular complexity index is 542. The second kappa shape index (κ2) is 4.91. The number of nitrogens with zero attached hydrogens (tertiary/aromatic N) is 1. The summed E-state index contributed by atoms with van der Waals surface area (Å²) in [4.78, 5) is 0. The summed E-state index contributed by atoms with van der Waals surface area (Å²) in [5.74, 6) is 0.331. The third-order valence-electron chi connectivity index (χ3n) is 4.35. The molecule has 0 radical (unpaired) electrons. The second-order valence-electron chi connectivity index (χ2n) is 6.70. The first-order valence-corrected chi connectivity index (χ1v) is 7.07. The SMILES string of the molecule is CC(C)c1ccc(B2OC(C)(C)C(C)(C)O2)cc1C#N. The quantitative estimate of drug-likeness (QED) is 0.776. The first-order valence-electron chi connectivity index (χ1n) is 7.07. The summed E-state index contributed by atoms with van der Waals surface area (Å²) in [5, 5.41) is 9.31. The number of hydrogen-bond acceptors (Lipinski definition) is 3. The van der Waals surface area contributed by atoms with Crippen LogP contribution in [-0.2, 0) is 9.31 Å². The minimum atomic E-state index is -0.409. The smallest absolute Gasteiger partial charge is 0.399 e. The highest BCUT2D eigenvalue weighted by Gasteiger charge is 2.51. The molecule has 1 aliphatic heterocycles. The van der Waals surface area contributed by atoms with Gasteiger partial charge in [-0.1, -0.05) is 26.0 Å². The van der Waals surface area contributed by atoms with Gasteiger partial charge in [-0.05, 0) is 50.7 Å². The summed E-state index contributed by atoms with van der Waals surface area (Å²) >= 11 is 0. The van der Waals surface area contributed by atoms with Crippen LogP contribution in [0.25, 0.3) is 0 Å². The van der Waals surface area contributed by atoms with Crippen molar-refractivity contribution < 1.29 is 9.31 Å². The van der Waals surface area contributed by atoms with E-state index in [4.69, 9.17) is 9.31 Å². The molecule has 0 bridgehead atoms. The van der Waals surface area contributed by atoms with Gasteiger partial charge in [0, 0.05) is 0 Å². The molecule has 1 aromatic rings. The third kappa shape index (κ3) is 2.48. The molecule has 1 aliphatic rings. The Morgan fingerprint density at radius 2 is 1.65 bits per heavy atom. The minimum Gasteiger partial charge on any atom is -0.399 e. The molecule has 4 heteroatoms. The fourth-order valence-electron chi connectivity index (χ4n) is 2.30. The summed E-state index contributed by atoms with van der Waals surface area (Å²) in [7, 11) is -0.409. The van der Waals surface area contributed by atoms with E-state index >= 15 is 0 Å². The largest absolute Gasteiger partial charge is 0.494 e. The summed E-state index contributed by atoms with van der Waals surface area (Å²) in [5.41, 5.74) is 1.95. The van der Waals surface area contributed by atoms with Crippen LogP contribution in [0, 0.1) is 11.3 Å². The summed E-state index contributed by atoms with van der Waals surface area (Å²) < 4.78 is 12.0. The van der Waals surface area contributed by atoms with Gasteiger partial charge in [0.1, 0.15) is 0 Å². The van der Waals surface area contributed by atoms with Gasteiger partial charge >= 0.3 is 7.12 Å². The van der Waals surface area contributed by atoms with Crippen LogP contribution < -0.4 is 5.46 Å². The molecular formula is C16H22BNO2. The monoisotopic (exact) mass is 271 g/mol. The Balaban J connectivity index is 2.35. The maximum Gasteiger partial charge on any atom is 0.494 e. The third-order valence-corrected chi connectivity index (χ3v) is 4.35. The number of rotatable bonds is 2. The first kappa shape index (κ1) is 15.1. The van der Waals surface area contributed by atoms with Crippen LogP contribution in [0.3, 0.4) is 0 Å². The van der Waals surface area contributed by atoms with E-state index in [1.54, 1.807) is 0 Å². The molecule has 0 N–H and O–H groups in total. The van der Waals surface area contributed by atoms with Crippen molar-refractivity contribution in [2.24, 2.45) is 0 Å². The van der Waals surface area contributed by atoms with E-state index in [0.29, 0.717) is 11.5 Å². The standard InChI is InChI=1S/C16H22BNO2/c1-11(2)14-8-7-13(9-12(14)10-18)17-19-15(3,4)16(5,6)20-17/h7-9,11H,1-6H3. The van der Waals surface area contributed by atoms with E-state index in [1.807, 2.05) is 45.9 Å². The van der Waals surface area contributed by atoms with Crippen LogP contribution in [0.2, 0.25) is 0 Å². The fraction of sp³-hybridized carbons (Fsp3) is 0.562. The Labute approximate surface area is 122 Å². The highest BCUT2D eigenvalue weighted by molar-refractivity contribution is 6.62. The maximum absolute atomic E-state index is 9.31. The predicted molar refractivity (Wildman–Crippen MR) is 81.0 cm³/mol. The molecule has 3 nitrogen and oxygen atoms in total. The molecule has 0 spiro atoms. The molecule has 1 heterocycles. The van der Waals surface area contributed by atoms with E-state index in [-0.39, 0.29) is 11.2 Å². The molecule has 0 saturated carbocycles. The molecule has 0 aromatic heterocycles. The lowest BCUT2D eigenvalue weighted by Gasteiger charge is -2.32. The second-order valence-corrected chi connectivity index (χ2v) is 6.70. The van der Waals surface area contributed by atoms with Crippen LogP contribution in [0.15, 0.2) is 18.2 Å². The lowest BCUT2D eigenvalue weighted by Crippen LogP contribution is -2.41. The number of benzene rings is 1. The maximum atomic E-state index is 9.31. The van der Waals surface area contributed by atoms with Gasteiger partial charge in [0.25, 0.3) is 0 Å². The first-order chi connectivity index (χ1) is 9.18. The molecule has 0 atom stereocenters. The van der Waals surface area contributed by atoms with Crippen molar-refractivity contribution >= 4 is 12.6 Å². The van der Waals surface area contributed by atoms with E-state index < -0.39 is 7.12 Å². The molecule has 2 rings (SSSR count). The van der Waals surface area contributed by atoms with Crippen molar-refractivity contribution in [3.05, 3.63) is 29.3 Å². The van der Waals surface area contributed by atoms with E-state index in [1.165, 1.54) is 0 Å². The molecule has 0 aliphatic carbocycles. The molecule has 1 aromatic carbocycles. The van der Waals surface area contributed by atoms with Crippen molar-refractivity contribution in [1.29, 1.82) is 5.26 Å².